The Hall–Kier alpha value is -1.99. The molecule has 0 radical (unpaired) electrons. The van der Waals surface area contributed by atoms with E-state index in [4.69, 9.17) is 9.47 Å². The molecule has 2 amide bonds. The van der Waals surface area contributed by atoms with E-state index < -0.39 is 0 Å². The zero-order valence-corrected chi connectivity index (χ0v) is 15.3. The van der Waals surface area contributed by atoms with Gasteiger partial charge in [-0.15, -0.1) is 0 Å². The van der Waals surface area contributed by atoms with Crippen molar-refractivity contribution in [3.05, 3.63) is 30.1 Å². The predicted molar refractivity (Wildman–Crippen MR) is 95.3 cm³/mol. The van der Waals surface area contributed by atoms with E-state index in [9.17, 15) is 9.59 Å². The zero-order valence-electron chi connectivity index (χ0n) is 15.3. The molecule has 1 saturated carbocycles. The molecule has 1 aliphatic carbocycles. The van der Waals surface area contributed by atoms with E-state index >= 15 is 0 Å². The molecule has 0 bridgehead atoms. The maximum Gasteiger partial charge on any atom is 0.226 e. The number of fused-ring (bicyclic) bond motifs is 2. The number of likely N-dealkylation sites (tertiary alicyclic amines) is 1. The van der Waals surface area contributed by atoms with Crippen LogP contribution in [0.1, 0.15) is 18.5 Å². The number of hydrogen-bond donors (Lipinski definition) is 1. The summed E-state index contributed by atoms with van der Waals surface area (Å²) in [5.41, 5.74) is 0.829. The summed E-state index contributed by atoms with van der Waals surface area (Å²) < 4.78 is 11.3. The largest absolute Gasteiger partial charge is 0.381 e. The van der Waals surface area contributed by atoms with Gasteiger partial charge in [0.05, 0.1) is 43.5 Å². The molecule has 1 aromatic rings. The second-order valence-electron chi connectivity index (χ2n) is 8.12. The summed E-state index contributed by atoms with van der Waals surface area (Å²) in [6.07, 6.45) is 3.25. The van der Waals surface area contributed by atoms with Crippen LogP contribution in [0.5, 0.6) is 0 Å². The minimum atomic E-state index is -0.230. The Balaban J connectivity index is 1.25. The van der Waals surface area contributed by atoms with Gasteiger partial charge in [0.25, 0.3) is 0 Å². The maximum atomic E-state index is 13.1. The summed E-state index contributed by atoms with van der Waals surface area (Å²) in [6.45, 7) is 2.97. The number of nitrogens with one attached hydrogen (secondary N) is 1. The highest BCUT2D eigenvalue weighted by molar-refractivity contribution is 5.85. The van der Waals surface area contributed by atoms with E-state index in [2.05, 4.69) is 10.3 Å². The number of carbonyl (C=O) groups is 2. The SMILES string of the molecule is O=C(NCc1ccccn1)[C@@H]1C[C@H]2OCC[C@H]2N(C(=O)C2[C@H]3COC[C@@H]23)C1. The van der Waals surface area contributed by atoms with E-state index in [0.717, 1.165) is 12.1 Å². The second-order valence-corrected chi connectivity index (χ2v) is 8.12. The number of piperidine rings is 1. The first-order valence-corrected chi connectivity index (χ1v) is 9.90. The summed E-state index contributed by atoms with van der Waals surface area (Å²) >= 11 is 0. The third-order valence-corrected chi connectivity index (χ3v) is 6.57. The number of pyridine rings is 1. The van der Waals surface area contributed by atoms with Gasteiger partial charge in [0.2, 0.25) is 11.8 Å². The fraction of sp³-hybridized carbons (Fsp3) is 0.650. The van der Waals surface area contributed by atoms with Crippen LogP contribution in [0.25, 0.3) is 0 Å². The molecule has 144 valence electrons. The molecule has 0 spiro atoms. The van der Waals surface area contributed by atoms with Crippen molar-refractivity contribution in [3.8, 4) is 0 Å². The van der Waals surface area contributed by atoms with Gasteiger partial charge in [-0.05, 0) is 36.8 Å². The summed E-state index contributed by atoms with van der Waals surface area (Å²) in [5.74, 6) is 0.818. The van der Waals surface area contributed by atoms with Crippen molar-refractivity contribution in [1.82, 2.24) is 15.2 Å². The van der Waals surface area contributed by atoms with Crippen LogP contribution < -0.4 is 5.32 Å². The fourth-order valence-corrected chi connectivity index (χ4v) is 5.01. The molecule has 4 fully saturated rings. The lowest BCUT2D eigenvalue weighted by Crippen LogP contribution is -2.55. The Morgan fingerprint density at radius 2 is 2.11 bits per heavy atom. The smallest absolute Gasteiger partial charge is 0.226 e. The third kappa shape index (κ3) is 3.12. The molecule has 7 nitrogen and oxygen atoms in total. The highest BCUT2D eigenvalue weighted by atomic mass is 16.5. The number of rotatable bonds is 4. The molecule has 27 heavy (non-hydrogen) atoms. The van der Waals surface area contributed by atoms with Crippen LogP contribution in [0, 0.1) is 23.7 Å². The van der Waals surface area contributed by atoms with Crippen molar-refractivity contribution < 1.29 is 19.1 Å². The average molecular weight is 371 g/mol. The van der Waals surface area contributed by atoms with Gasteiger partial charge in [-0.2, -0.15) is 0 Å². The standard InChI is InChI=1S/C20H25N3O4/c24-19(22-8-13-3-1-2-5-21-13)12-7-17-16(4-6-27-17)23(9-12)20(25)18-14-10-26-11-15(14)18/h1-3,5,12,14-18H,4,6-11H2,(H,22,24)/t12-,14-,15+,16-,17-,18?/m1/s1. The first-order chi connectivity index (χ1) is 13.2. The number of ether oxygens (including phenoxy) is 2. The molecule has 4 aliphatic rings. The Morgan fingerprint density at radius 1 is 1.26 bits per heavy atom. The van der Waals surface area contributed by atoms with Crippen LogP contribution >= 0.6 is 0 Å². The van der Waals surface area contributed by atoms with Gasteiger partial charge < -0.3 is 19.7 Å². The van der Waals surface area contributed by atoms with Crippen LogP contribution in [-0.2, 0) is 25.6 Å². The number of aromatic nitrogens is 1. The maximum absolute atomic E-state index is 13.1. The summed E-state index contributed by atoms with van der Waals surface area (Å²) in [7, 11) is 0. The number of nitrogens with zero attached hydrogens (tertiary/aromatic N) is 2. The van der Waals surface area contributed by atoms with Gasteiger partial charge in [0.1, 0.15) is 0 Å². The number of carbonyl (C=O) groups excluding carboxylic acids is 2. The second kappa shape index (κ2) is 6.87. The van der Waals surface area contributed by atoms with E-state index in [0.29, 0.717) is 51.2 Å². The lowest BCUT2D eigenvalue weighted by Gasteiger charge is -2.40. The first kappa shape index (κ1) is 17.1. The quantitative estimate of drug-likeness (QED) is 0.838. The van der Waals surface area contributed by atoms with Crippen LogP contribution in [0.3, 0.4) is 0 Å². The van der Waals surface area contributed by atoms with Crippen LogP contribution in [-0.4, -0.2) is 60.2 Å². The van der Waals surface area contributed by atoms with E-state index in [1.54, 1.807) is 6.20 Å². The Kier molecular flexibility index (Phi) is 4.36. The lowest BCUT2D eigenvalue weighted by molar-refractivity contribution is -0.144. The monoisotopic (exact) mass is 371 g/mol. The van der Waals surface area contributed by atoms with Gasteiger partial charge >= 0.3 is 0 Å². The molecule has 3 aliphatic heterocycles. The normalized spacial score (nSPS) is 36.8. The first-order valence-electron chi connectivity index (χ1n) is 9.90. The van der Waals surface area contributed by atoms with E-state index in [-0.39, 0.29) is 35.8 Å². The Morgan fingerprint density at radius 3 is 2.89 bits per heavy atom. The minimum Gasteiger partial charge on any atom is -0.381 e. The van der Waals surface area contributed by atoms with Crippen molar-refractivity contribution in [3.63, 3.8) is 0 Å². The van der Waals surface area contributed by atoms with Gasteiger partial charge in [-0.3, -0.25) is 14.6 Å². The summed E-state index contributed by atoms with van der Waals surface area (Å²) in [6, 6.07) is 5.77. The fourth-order valence-electron chi connectivity index (χ4n) is 5.01. The van der Waals surface area contributed by atoms with Crippen molar-refractivity contribution in [2.75, 3.05) is 26.4 Å². The van der Waals surface area contributed by atoms with Gasteiger partial charge in [-0.1, -0.05) is 6.07 Å². The summed E-state index contributed by atoms with van der Waals surface area (Å²) in [4.78, 5) is 32.1. The van der Waals surface area contributed by atoms with Gasteiger partial charge in [0.15, 0.2) is 0 Å². The Labute approximate surface area is 158 Å². The topological polar surface area (TPSA) is 80.8 Å². The highest BCUT2D eigenvalue weighted by Gasteiger charge is 2.60. The van der Waals surface area contributed by atoms with Crippen molar-refractivity contribution in [2.24, 2.45) is 23.7 Å². The van der Waals surface area contributed by atoms with Crippen LogP contribution in [0.4, 0.5) is 0 Å². The molecular formula is C20H25N3O4. The van der Waals surface area contributed by atoms with Crippen LogP contribution in [0.15, 0.2) is 24.4 Å². The number of hydrogen-bond acceptors (Lipinski definition) is 5. The molecule has 3 saturated heterocycles. The predicted octanol–water partition coefficient (Wildman–Crippen LogP) is 0.596. The number of amides is 2. The molecule has 1 unspecified atom stereocenters. The highest BCUT2D eigenvalue weighted by Crippen LogP contribution is 2.52. The molecule has 1 N–H and O–H groups in total. The van der Waals surface area contributed by atoms with E-state index in [1.165, 1.54) is 0 Å². The van der Waals surface area contributed by atoms with Crippen molar-refractivity contribution in [2.45, 2.75) is 31.5 Å². The molecule has 7 heteroatoms. The third-order valence-electron chi connectivity index (χ3n) is 6.57. The van der Waals surface area contributed by atoms with E-state index in [1.807, 2.05) is 23.1 Å². The average Bonchev–Trinajstić information content (AvgIpc) is 3.07. The molecule has 5 rings (SSSR count). The lowest BCUT2D eigenvalue weighted by atomic mass is 9.89. The Bertz CT molecular complexity index is 717. The summed E-state index contributed by atoms with van der Waals surface area (Å²) in [5, 5.41) is 2.98. The molecule has 1 aromatic heterocycles. The molecule has 4 heterocycles. The molecule has 0 aromatic carbocycles. The van der Waals surface area contributed by atoms with Crippen molar-refractivity contribution >= 4 is 11.8 Å². The van der Waals surface area contributed by atoms with Gasteiger partial charge in [0, 0.05) is 25.3 Å². The molecule has 6 atom stereocenters. The van der Waals surface area contributed by atoms with Crippen LogP contribution in [0.2, 0.25) is 0 Å². The zero-order chi connectivity index (χ0) is 18.4. The molecular weight excluding hydrogens is 346 g/mol. The van der Waals surface area contributed by atoms with Gasteiger partial charge in [-0.25, -0.2) is 0 Å². The van der Waals surface area contributed by atoms with Crippen molar-refractivity contribution in [1.29, 1.82) is 0 Å². The minimum absolute atomic E-state index is 0.0215.